The van der Waals surface area contributed by atoms with Crippen molar-refractivity contribution in [2.45, 2.75) is 4.90 Å². The van der Waals surface area contributed by atoms with Crippen LogP contribution in [0.1, 0.15) is 0 Å². The number of nitro groups is 1. The number of aromatic nitrogens is 4. The quantitative estimate of drug-likeness (QED) is 0.129. The molecule has 0 unspecified atom stereocenters. The zero-order valence-corrected chi connectivity index (χ0v) is 24.8. The van der Waals surface area contributed by atoms with Gasteiger partial charge in [-0.15, -0.1) is 21.5 Å². The minimum absolute atomic E-state index is 0.0253. The van der Waals surface area contributed by atoms with Gasteiger partial charge in [-0.3, -0.25) is 14.8 Å². The largest absolute Gasteiger partial charge is 0.339 e. The Balaban J connectivity index is 1.23. The highest BCUT2D eigenvalue weighted by Crippen LogP contribution is 2.43. The van der Waals surface area contributed by atoms with Crippen molar-refractivity contribution in [3.8, 4) is 22.4 Å². The summed E-state index contributed by atoms with van der Waals surface area (Å²) in [4.78, 5) is 20.2. The number of hydrogen-bond donors (Lipinski definition) is 2. The summed E-state index contributed by atoms with van der Waals surface area (Å²) in [6, 6.07) is 31.3. The molecule has 0 atom stereocenters. The third kappa shape index (κ3) is 5.41. The Hall–Kier alpha value is -5.79. The second-order valence-electron chi connectivity index (χ2n) is 9.90. The van der Waals surface area contributed by atoms with Crippen LogP contribution in [0, 0.1) is 10.1 Å². The van der Waals surface area contributed by atoms with Gasteiger partial charge >= 0.3 is 0 Å². The second-order valence-corrected chi connectivity index (χ2v) is 12.6. The molecule has 7 rings (SSSR count). The van der Waals surface area contributed by atoms with E-state index in [1.807, 2.05) is 60.7 Å². The minimum atomic E-state index is -3.93. The van der Waals surface area contributed by atoms with Gasteiger partial charge in [-0.1, -0.05) is 60.7 Å². The van der Waals surface area contributed by atoms with E-state index in [2.05, 4.69) is 30.2 Å². The molecule has 0 amide bonds. The van der Waals surface area contributed by atoms with E-state index in [1.165, 1.54) is 54.1 Å². The molecule has 220 valence electrons. The van der Waals surface area contributed by atoms with Crippen molar-refractivity contribution in [1.82, 2.24) is 20.2 Å². The van der Waals surface area contributed by atoms with Crippen LogP contribution in [0.4, 0.5) is 22.9 Å². The maximum atomic E-state index is 12.9. The molecule has 0 radical (unpaired) electrons. The topological polar surface area (TPSA) is 153 Å². The van der Waals surface area contributed by atoms with Gasteiger partial charge in [-0.25, -0.2) is 18.4 Å². The highest BCUT2D eigenvalue weighted by Gasteiger charge is 2.22. The van der Waals surface area contributed by atoms with Crippen LogP contribution in [0.2, 0.25) is 0 Å². The normalized spacial score (nSPS) is 11.5. The van der Waals surface area contributed by atoms with Crippen LogP contribution in [0.25, 0.3) is 42.8 Å². The zero-order chi connectivity index (χ0) is 31.0. The van der Waals surface area contributed by atoms with Gasteiger partial charge in [-0.2, -0.15) is 0 Å². The third-order valence-electron chi connectivity index (χ3n) is 7.05. The molecule has 3 aromatic heterocycles. The zero-order valence-electron chi connectivity index (χ0n) is 23.2. The number of fused-ring (bicyclic) bond motifs is 3. The predicted octanol–water partition coefficient (Wildman–Crippen LogP) is 7.42. The third-order valence-corrected chi connectivity index (χ3v) is 9.52. The fraction of sp³-hybridized carbons (Fsp3) is 0. The molecule has 7 aromatic rings. The van der Waals surface area contributed by atoms with Crippen molar-refractivity contribution >= 4 is 64.7 Å². The van der Waals surface area contributed by atoms with Gasteiger partial charge in [0.1, 0.15) is 16.9 Å². The van der Waals surface area contributed by atoms with Crippen molar-refractivity contribution in [2.75, 3.05) is 10.0 Å². The average molecular weight is 632 g/mol. The summed E-state index contributed by atoms with van der Waals surface area (Å²) in [5, 5.41) is 24.3. The Morgan fingerprint density at radius 3 is 2.04 bits per heavy atom. The molecule has 0 aliphatic carbocycles. The lowest BCUT2D eigenvalue weighted by Gasteiger charge is -2.11. The Kier molecular flexibility index (Phi) is 7.08. The summed E-state index contributed by atoms with van der Waals surface area (Å²) in [5.41, 5.74) is 5.03. The predicted molar refractivity (Wildman–Crippen MR) is 175 cm³/mol. The van der Waals surface area contributed by atoms with E-state index >= 15 is 0 Å². The number of hydrogen-bond acceptors (Lipinski definition) is 10. The van der Waals surface area contributed by atoms with Gasteiger partial charge in [0.25, 0.3) is 15.7 Å². The molecular formula is C32H21N7O4S2. The molecule has 0 saturated heterocycles. The van der Waals surface area contributed by atoms with Gasteiger partial charge in [0.05, 0.1) is 20.0 Å². The van der Waals surface area contributed by atoms with E-state index in [9.17, 15) is 18.5 Å². The van der Waals surface area contributed by atoms with E-state index in [1.54, 1.807) is 12.1 Å². The van der Waals surface area contributed by atoms with Gasteiger partial charge in [0.2, 0.25) is 0 Å². The first-order valence-corrected chi connectivity index (χ1v) is 15.9. The van der Waals surface area contributed by atoms with Gasteiger partial charge < -0.3 is 5.32 Å². The molecule has 13 heteroatoms. The van der Waals surface area contributed by atoms with Crippen LogP contribution in [0.3, 0.4) is 0 Å². The lowest BCUT2D eigenvalue weighted by Crippen LogP contribution is -2.12. The summed E-state index contributed by atoms with van der Waals surface area (Å²) in [6.07, 6.45) is 1.49. The summed E-state index contributed by atoms with van der Waals surface area (Å²) >= 11 is 1.42. The van der Waals surface area contributed by atoms with Crippen molar-refractivity contribution in [1.29, 1.82) is 0 Å². The number of anilines is 3. The summed E-state index contributed by atoms with van der Waals surface area (Å²) < 4.78 is 29.1. The van der Waals surface area contributed by atoms with E-state index < -0.39 is 14.9 Å². The maximum Gasteiger partial charge on any atom is 0.269 e. The lowest BCUT2D eigenvalue weighted by atomic mass is 9.97. The lowest BCUT2D eigenvalue weighted by molar-refractivity contribution is -0.384. The SMILES string of the molecule is O=[N+]([O-])c1ccc(NS(=O)(=O)c2ccc(Nc3ncnc4c3sc3nnc(-c5ccccc5)c(-c5ccccc5)c34)cc2)cc1. The second kappa shape index (κ2) is 11.4. The maximum absolute atomic E-state index is 12.9. The Bertz CT molecular complexity index is 2300. The Morgan fingerprint density at radius 1 is 0.733 bits per heavy atom. The Morgan fingerprint density at radius 2 is 1.38 bits per heavy atom. The van der Waals surface area contributed by atoms with Gasteiger partial charge in [0, 0.05) is 40.0 Å². The molecular weight excluding hydrogens is 611 g/mol. The molecule has 0 aliphatic heterocycles. The average Bonchev–Trinajstić information content (AvgIpc) is 3.45. The number of nitrogens with zero attached hydrogens (tertiary/aromatic N) is 5. The number of thiophene rings is 1. The summed E-state index contributed by atoms with van der Waals surface area (Å²) in [6.45, 7) is 0. The molecule has 3 heterocycles. The van der Waals surface area contributed by atoms with Crippen molar-refractivity contribution < 1.29 is 13.3 Å². The number of rotatable bonds is 8. The first-order valence-electron chi connectivity index (χ1n) is 13.6. The van der Waals surface area contributed by atoms with Crippen molar-refractivity contribution in [3.05, 3.63) is 126 Å². The van der Waals surface area contributed by atoms with E-state index in [4.69, 9.17) is 0 Å². The number of nitrogens with one attached hydrogen (secondary N) is 2. The molecule has 0 fully saturated rings. The van der Waals surface area contributed by atoms with Crippen LogP contribution in [0.15, 0.2) is 120 Å². The van der Waals surface area contributed by atoms with E-state index in [-0.39, 0.29) is 16.3 Å². The van der Waals surface area contributed by atoms with Gasteiger partial charge in [-0.05, 0) is 42.0 Å². The first-order chi connectivity index (χ1) is 21.9. The number of nitro benzene ring substituents is 1. The molecule has 0 aliphatic rings. The fourth-order valence-electron chi connectivity index (χ4n) is 4.95. The molecule has 0 bridgehead atoms. The fourth-order valence-corrected chi connectivity index (χ4v) is 7.04. The number of benzene rings is 4. The van der Waals surface area contributed by atoms with Crippen LogP contribution >= 0.6 is 11.3 Å². The molecule has 2 N–H and O–H groups in total. The van der Waals surface area contributed by atoms with E-state index in [0.29, 0.717) is 16.3 Å². The smallest absolute Gasteiger partial charge is 0.269 e. The highest BCUT2D eigenvalue weighted by atomic mass is 32.2. The minimum Gasteiger partial charge on any atom is -0.339 e. The van der Waals surface area contributed by atoms with E-state index in [0.717, 1.165) is 38.0 Å². The monoisotopic (exact) mass is 631 g/mol. The standard InChI is InChI=1S/C32H21N7O4S2/c40-39(41)24-15-11-23(12-16-24)38-45(42,43)25-17-13-22(14-18-25)35-31-30-29(33-19-34-31)27-26(20-7-3-1-4-8-20)28(36-37-32(27)44-30)21-9-5-2-6-10-21/h1-19,38H,(H,33,34,35). The summed E-state index contributed by atoms with van der Waals surface area (Å²) in [5.74, 6) is 0.544. The molecule has 4 aromatic carbocycles. The van der Waals surface area contributed by atoms with Crippen LogP contribution in [-0.4, -0.2) is 33.5 Å². The molecule has 45 heavy (non-hydrogen) atoms. The molecule has 0 saturated carbocycles. The van der Waals surface area contributed by atoms with Crippen LogP contribution in [0.5, 0.6) is 0 Å². The molecule has 11 nitrogen and oxygen atoms in total. The van der Waals surface area contributed by atoms with Gasteiger partial charge in [0.15, 0.2) is 5.82 Å². The molecule has 0 spiro atoms. The van der Waals surface area contributed by atoms with Crippen molar-refractivity contribution in [3.63, 3.8) is 0 Å². The number of non-ortho nitro benzene ring substituents is 1. The Labute approximate surface area is 260 Å². The highest BCUT2D eigenvalue weighted by molar-refractivity contribution is 7.92. The number of sulfonamides is 1. The van der Waals surface area contributed by atoms with Crippen molar-refractivity contribution in [2.24, 2.45) is 0 Å². The summed E-state index contributed by atoms with van der Waals surface area (Å²) in [7, 11) is -3.93. The van der Waals surface area contributed by atoms with Crippen LogP contribution in [-0.2, 0) is 10.0 Å². The first kappa shape index (κ1) is 28.0. The van der Waals surface area contributed by atoms with Crippen LogP contribution < -0.4 is 10.0 Å².